The largest absolute Gasteiger partial charge is 0.380 e. The first-order valence-corrected chi connectivity index (χ1v) is 5.98. The van der Waals surface area contributed by atoms with E-state index in [1.807, 2.05) is 6.92 Å². The van der Waals surface area contributed by atoms with Crippen LogP contribution < -0.4 is 5.32 Å². The molecule has 90 valence electrons. The molecule has 16 heavy (non-hydrogen) atoms. The van der Waals surface area contributed by atoms with Crippen molar-refractivity contribution in [1.82, 2.24) is 9.97 Å². The van der Waals surface area contributed by atoms with Gasteiger partial charge < -0.3 is 10.1 Å². The van der Waals surface area contributed by atoms with E-state index in [4.69, 9.17) is 16.3 Å². The highest BCUT2D eigenvalue weighted by atomic mass is 35.5. The van der Waals surface area contributed by atoms with Crippen LogP contribution in [-0.2, 0) is 11.2 Å². The van der Waals surface area contributed by atoms with Gasteiger partial charge in [0.25, 0.3) is 0 Å². The molecule has 0 spiro atoms. The van der Waals surface area contributed by atoms with Crippen LogP contribution in [0.2, 0.25) is 5.15 Å². The number of anilines is 1. The quantitative estimate of drug-likeness (QED) is 0.591. The lowest BCUT2D eigenvalue weighted by atomic mass is 10.2. The number of nitrogens with zero attached hydrogens (tertiary/aromatic N) is 2. The van der Waals surface area contributed by atoms with E-state index >= 15 is 0 Å². The number of hydrogen-bond acceptors (Lipinski definition) is 4. The van der Waals surface area contributed by atoms with E-state index in [2.05, 4.69) is 22.2 Å². The molecule has 5 heteroatoms. The molecule has 1 aromatic heterocycles. The molecule has 0 bridgehead atoms. The number of nitrogens with one attached hydrogen (secondary N) is 1. The van der Waals surface area contributed by atoms with Crippen molar-refractivity contribution in [3.8, 4) is 0 Å². The van der Waals surface area contributed by atoms with Gasteiger partial charge in [-0.15, -0.1) is 0 Å². The van der Waals surface area contributed by atoms with Gasteiger partial charge in [0.2, 0.25) is 0 Å². The van der Waals surface area contributed by atoms with E-state index in [1.54, 1.807) is 0 Å². The molecule has 1 rings (SSSR count). The zero-order valence-corrected chi connectivity index (χ0v) is 10.5. The van der Waals surface area contributed by atoms with Gasteiger partial charge in [0.15, 0.2) is 0 Å². The summed E-state index contributed by atoms with van der Waals surface area (Å²) in [5, 5.41) is 3.75. The summed E-state index contributed by atoms with van der Waals surface area (Å²) in [4.78, 5) is 8.18. The van der Waals surface area contributed by atoms with E-state index in [1.165, 1.54) is 6.33 Å². The van der Waals surface area contributed by atoms with E-state index in [9.17, 15) is 0 Å². The van der Waals surface area contributed by atoms with Crippen LogP contribution in [0.25, 0.3) is 0 Å². The van der Waals surface area contributed by atoms with E-state index in [0.717, 1.165) is 37.4 Å². The summed E-state index contributed by atoms with van der Waals surface area (Å²) < 4.78 is 5.25. The van der Waals surface area contributed by atoms with Crippen molar-refractivity contribution in [2.75, 3.05) is 25.1 Å². The van der Waals surface area contributed by atoms with Gasteiger partial charge in [0.1, 0.15) is 17.3 Å². The maximum Gasteiger partial charge on any atom is 0.137 e. The molecule has 1 N–H and O–H groups in total. The van der Waals surface area contributed by atoms with Crippen LogP contribution in [0.4, 0.5) is 5.82 Å². The zero-order valence-electron chi connectivity index (χ0n) is 9.79. The van der Waals surface area contributed by atoms with Crippen molar-refractivity contribution in [1.29, 1.82) is 0 Å². The summed E-state index contributed by atoms with van der Waals surface area (Å²) in [6.07, 6.45) is 3.38. The van der Waals surface area contributed by atoms with Gasteiger partial charge in [-0.2, -0.15) is 0 Å². The molecular formula is C11H18ClN3O. The van der Waals surface area contributed by atoms with Crippen LogP contribution in [0.3, 0.4) is 0 Å². The highest BCUT2D eigenvalue weighted by Gasteiger charge is 2.07. The van der Waals surface area contributed by atoms with Gasteiger partial charge in [0, 0.05) is 18.7 Å². The Morgan fingerprint density at radius 3 is 2.88 bits per heavy atom. The normalized spacial score (nSPS) is 10.4. The lowest BCUT2D eigenvalue weighted by Crippen LogP contribution is -2.12. The monoisotopic (exact) mass is 243 g/mol. The minimum Gasteiger partial charge on any atom is -0.380 e. The van der Waals surface area contributed by atoms with E-state index in [0.29, 0.717) is 11.8 Å². The van der Waals surface area contributed by atoms with Crippen molar-refractivity contribution in [3.05, 3.63) is 17.0 Å². The van der Waals surface area contributed by atoms with Crippen LogP contribution in [0.15, 0.2) is 6.33 Å². The first kappa shape index (κ1) is 13.2. The van der Waals surface area contributed by atoms with Crippen molar-refractivity contribution >= 4 is 17.4 Å². The predicted molar refractivity (Wildman–Crippen MR) is 66.0 cm³/mol. The Bertz CT molecular complexity index is 320. The molecule has 0 fully saturated rings. The first-order chi connectivity index (χ1) is 7.79. The third-order valence-electron chi connectivity index (χ3n) is 2.14. The Morgan fingerprint density at radius 2 is 2.19 bits per heavy atom. The molecule has 0 saturated carbocycles. The number of rotatable bonds is 7. The molecule has 0 aromatic carbocycles. The maximum atomic E-state index is 6.03. The van der Waals surface area contributed by atoms with Gasteiger partial charge in [-0.05, 0) is 13.3 Å². The van der Waals surface area contributed by atoms with Crippen LogP contribution in [0.5, 0.6) is 0 Å². The summed E-state index contributed by atoms with van der Waals surface area (Å²) in [6.45, 7) is 6.22. The standard InChI is InChI=1S/C11H18ClN3O/c1-3-5-9-10(12)14-8-15-11(9)13-6-7-16-4-2/h8H,3-7H2,1-2H3,(H,13,14,15). The maximum absolute atomic E-state index is 6.03. The highest BCUT2D eigenvalue weighted by molar-refractivity contribution is 6.30. The fourth-order valence-electron chi connectivity index (χ4n) is 1.40. The van der Waals surface area contributed by atoms with E-state index < -0.39 is 0 Å². The van der Waals surface area contributed by atoms with Crippen molar-refractivity contribution < 1.29 is 4.74 Å². The van der Waals surface area contributed by atoms with Gasteiger partial charge in [0.05, 0.1) is 6.61 Å². The molecule has 1 heterocycles. The Balaban J connectivity index is 2.59. The summed E-state index contributed by atoms with van der Waals surface area (Å²) in [5.74, 6) is 0.821. The van der Waals surface area contributed by atoms with Gasteiger partial charge >= 0.3 is 0 Å². The van der Waals surface area contributed by atoms with Crippen LogP contribution in [0, 0.1) is 0 Å². The van der Waals surface area contributed by atoms with Crippen molar-refractivity contribution in [3.63, 3.8) is 0 Å². The van der Waals surface area contributed by atoms with Gasteiger partial charge in [-0.25, -0.2) is 9.97 Å². The van der Waals surface area contributed by atoms with Crippen LogP contribution in [-0.4, -0.2) is 29.7 Å². The third-order valence-corrected chi connectivity index (χ3v) is 2.46. The zero-order chi connectivity index (χ0) is 11.8. The molecule has 0 radical (unpaired) electrons. The number of hydrogen-bond donors (Lipinski definition) is 1. The summed E-state index contributed by atoms with van der Waals surface area (Å²) in [5.41, 5.74) is 0.989. The van der Waals surface area contributed by atoms with Crippen molar-refractivity contribution in [2.24, 2.45) is 0 Å². The van der Waals surface area contributed by atoms with Gasteiger partial charge in [-0.3, -0.25) is 0 Å². The minimum absolute atomic E-state index is 0.538. The Labute approximate surface area is 101 Å². The minimum atomic E-state index is 0.538. The summed E-state index contributed by atoms with van der Waals surface area (Å²) >= 11 is 6.03. The molecule has 4 nitrogen and oxygen atoms in total. The Morgan fingerprint density at radius 1 is 1.38 bits per heavy atom. The second-order valence-electron chi connectivity index (χ2n) is 3.37. The number of halogens is 1. The average molecular weight is 244 g/mol. The third kappa shape index (κ3) is 3.94. The molecule has 0 aliphatic carbocycles. The topological polar surface area (TPSA) is 47.0 Å². The average Bonchev–Trinajstić information content (AvgIpc) is 2.29. The Hall–Kier alpha value is -0.870. The molecule has 1 aromatic rings. The fourth-order valence-corrected chi connectivity index (χ4v) is 1.63. The van der Waals surface area contributed by atoms with E-state index in [-0.39, 0.29) is 0 Å². The molecule has 0 aliphatic heterocycles. The lowest BCUT2D eigenvalue weighted by molar-refractivity contribution is 0.158. The molecule has 0 atom stereocenters. The summed E-state index contributed by atoms with van der Waals surface area (Å²) in [7, 11) is 0. The highest BCUT2D eigenvalue weighted by Crippen LogP contribution is 2.20. The lowest BCUT2D eigenvalue weighted by Gasteiger charge is -2.10. The summed E-state index contributed by atoms with van der Waals surface area (Å²) in [6, 6.07) is 0. The molecule has 0 saturated heterocycles. The molecule has 0 amide bonds. The smallest absolute Gasteiger partial charge is 0.137 e. The Kier molecular flexibility index (Phi) is 6.11. The molecular weight excluding hydrogens is 226 g/mol. The number of ether oxygens (including phenoxy) is 1. The second kappa shape index (κ2) is 7.41. The SMILES string of the molecule is CCCc1c(Cl)ncnc1NCCOCC. The second-order valence-corrected chi connectivity index (χ2v) is 3.72. The number of aromatic nitrogens is 2. The molecule has 0 aliphatic rings. The van der Waals surface area contributed by atoms with Gasteiger partial charge in [-0.1, -0.05) is 24.9 Å². The van der Waals surface area contributed by atoms with Crippen LogP contribution >= 0.6 is 11.6 Å². The van der Waals surface area contributed by atoms with Crippen LogP contribution in [0.1, 0.15) is 25.8 Å². The fraction of sp³-hybridized carbons (Fsp3) is 0.636. The molecule has 0 unspecified atom stereocenters. The van der Waals surface area contributed by atoms with Crippen molar-refractivity contribution in [2.45, 2.75) is 26.7 Å². The first-order valence-electron chi connectivity index (χ1n) is 5.60. The predicted octanol–water partition coefficient (Wildman–Crippen LogP) is 2.53.